The number of benzene rings is 9. The van der Waals surface area contributed by atoms with Crippen LogP contribution in [0.4, 0.5) is 0 Å². The molecule has 292 valence electrons. The first-order valence-corrected chi connectivity index (χ1v) is 23.5. The molecular formula is C56H29N3OS3. The minimum atomic E-state index is -0.544. The van der Waals surface area contributed by atoms with Gasteiger partial charge in [0.05, 0.1) is 5.41 Å². The lowest BCUT2D eigenvalue weighted by Crippen LogP contribution is -2.32. The first-order chi connectivity index (χ1) is 31.2. The molecule has 0 N–H and O–H groups in total. The Morgan fingerprint density at radius 3 is 1.70 bits per heavy atom. The fourth-order valence-corrected chi connectivity index (χ4v) is 14.6. The molecule has 0 unspecified atom stereocenters. The second-order valence-corrected chi connectivity index (χ2v) is 19.8. The number of fused-ring (bicyclic) bond motifs is 11. The zero-order valence-electron chi connectivity index (χ0n) is 33.2. The maximum Gasteiger partial charge on any atom is 0.164 e. The molecule has 7 heteroatoms. The maximum absolute atomic E-state index is 6.58. The van der Waals surface area contributed by atoms with Crippen molar-refractivity contribution in [3.8, 4) is 56.8 Å². The summed E-state index contributed by atoms with van der Waals surface area (Å²) < 4.78 is 14.4. The van der Waals surface area contributed by atoms with E-state index in [2.05, 4.69) is 158 Å². The molecule has 0 radical (unpaired) electrons. The normalized spacial score (nSPS) is 13.7. The van der Waals surface area contributed by atoms with Crippen LogP contribution in [0.1, 0.15) is 22.3 Å². The smallest absolute Gasteiger partial charge is 0.164 e. The van der Waals surface area contributed by atoms with Crippen LogP contribution in [-0.2, 0) is 5.41 Å². The van der Waals surface area contributed by atoms with Crippen LogP contribution in [0.2, 0.25) is 0 Å². The lowest BCUT2D eigenvalue weighted by atomic mass is 9.66. The van der Waals surface area contributed by atoms with Crippen molar-refractivity contribution in [2.75, 3.05) is 0 Å². The van der Waals surface area contributed by atoms with E-state index in [0.717, 1.165) is 39.3 Å². The minimum Gasteiger partial charge on any atom is -0.457 e. The number of para-hydroxylation sites is 2. The third kappa shape index (κ3) is 4.55. The molecule has 0 fully saturated rings. The zero-order chi connectivity index (χ0) is 41.0. The molecule has 0 bridgehead atoms. The van der Waals surface area contributed by atoms with E-state index in [1.807, 2.05) is 52.2 Å². The Morgan fingerprint density at radius 1 is 0.365 bits per heavy atom. The summed E-state index contributed by atoms with van der Waals surface area (Å²) >= 11 is 5.67. The van der Waals surface area contributed by atoms with Gasteiger partial charge in [0.1, 0.15) is 11.5 Å². The highest BCUT2D eigenvalue weighted by atomic mass is 32.1. The molecule has 4 nitrogen and oxygen atoms in total. The van der Waals surface area contributed by atoms with Crippen molar-refractivity contribution >= 4 is 94.5 Å². The number of ether oxygens (including phenoxy) is 1. The molecular weight excluding hydrogens is 827 g/mol. The summed E-state index contributed by atoms with van der Waals surface area (Å²) in [5, 5.41) is 8.03. The largest absolute Gasteiger partial charge is 0.457 e. The number of nitrogens with zero attached hydrogens (tertiary/aromatic N) is 3. The molecule has 5 heterocycles. The number of hydrogen-bond acceptors (Lipinski definition) is 7. The van der Waals surface area contributed by atoms with Crippen molar-refractivity contribution in [3.05, 3.63) is 198 Å². The van der Waals surface area contributed by atoms with Crippen molar-refractivity contribution < 1.29 is 4.74 Å². The molecule has 63 heavy (non-hydrogen) atoms. The minimum absolute atomic E-state index is 0.544. The van der Waals surface area contributed by atoms with Gasteiger partial charge in [-0.1, -0.05) is 127 Å². The summed E-state index contributed by atoms with van der Waals surface area (Å²) in [7, 11) is 0. The van der Waals surface area contributed by atoms with Gasteiger partial charge >= 0.3 is 0 Å². The van der Waals surface area contributed by atoms with Crippen molar-refractivity contribution in [2.45, 2.75) is 5.41 Å². The van der Waals surface area contributed by atoms with Gasteiger partial charge in [0.2, 0.25) is 0 Å². The van der Waals surface area contributed by atoms with E-state index >= 15 is 0 Å². The highest BCUT2D eigenvalue weighted by molar-refractivity contribution is 7.32. The van der Waals surface area contributed by atoms with E-state index in [9.17, 15) is 0 Å². The molecule has 0 saturated carbocycles. The first-order valence-electron chi connectivity index (χ1n) is 21.1. The molecule has 0 amide bonds. The number of thiophene rings is 2. The SMILES string of the molecule is c1ccc(-c2nc(-c3ccc4c(c3)-c3ccccc3C43c4ccccc4Oc4ccccc43)nc(-c3cc4sc5ccc6sc7cc8ccccc8c8sc(c3)c4c5c6c78)n2)cc1. The third-order valence-electron chi connectivity index (χ3n) is 13.3. The highest BCUT2D eigenvalue weighted by Gasteiger charge is 2.51. The lowest BCUT2D eigenvalue weighted by molar-refractivity contribution is 0.436. The Morgan fingerprint density at radius 2 is 0.937 bits per heavy atom. The van der Waals surface area contributed by atoms with Gasteiger partial charge in [-0.05, 0) is 81.6 Å². The van der Waals surface area contributed by atoms with Gasteiger partial charge < -0.3 is 4.74 Å². The lowest BCUT2D eigenvalue weighted by Gasteiger charge is -2.39. The molecule has 1 aliphatic heterocycles. The molecule has 15 rings (SSSR count). The van der Waals surface area contributed by atoms with Crippen LogP contribution in [-0.4, -0.2) is 15.0 Å². The van der Waals surface area contributed by atoms with E-state index in [1.54, 1.807) is 0 Å². The Hall–Kier alpha value is -7.29. The second kappa shape index (κ2) is 12.4. The number of aromatic nitrogens is 3. The topological polar surface area (TPSA) is 47.9 Å². The van der Waals surface area contributed by atoms with Gasteiger partial charge in [-0.25, -0.2) is 15.0 Å². The third-order valence-corrected chi connectivity index (χ3v) is 16.7. The maximum atomic E-state index is 6.58. The molecule has 0 atom stereocenters. The summed E-state index contributed by atoms with van der Waals surface area (Å²) in [4.78, 5) is 15.9. The van der Waals surface area contributed by atoms with Gasteiger partial charge in [0.25, 0.3) is 0 Å². The van der Waals surface area contributed by atoms with E-state index in [-0.39, 0.29) is 0 Å². The average Bonchev–Trinajstić information content (AvgIpc) is 3.96. The van der Waals surface area contributed by atoms with Crippen molar-refractivity contribution in [1.29, 1.82) is 0 Å². The second-order valence-electron chi connectivity index (χ2n) is 16.6. The van der Waals surface area contributed by atoms with Gasteiger partial charge in [-0.2, -0.15) is 0 Å². The van der Waals surface area contributed by atoms with Crippen LogP contribution in [0.5, 0.6) is 11.5 Å². The van der Waals surface area contributed by atoms with Crippen LogP contribution in [0.25, 0.3) is 106 Å². The molecule has 1 aliphatic carbocycles. The molecule has 13 aromatic rings. The van der Waals surface area contributed by atoms with Gasteiger partial charge in [0.15, 0.2) is 17.5 Å². The summed E-state index contributed by atoms with van der Waals surface area (Å²) in [5.41, 5.74) is 9.45. The summed E-state index contributed by atoms with van der Waals surface area (Å²) in [5.74, 6) is 3.71. The summed E-state index contributed by atoms with van der Waals surface area (Å²) in [6.45, 7) is 0. The highest BCUT2D eigenvalue weighted by Crippen LogP contribution is 2.62. The van der Waals surface area contributed by atoms with Gasteiger partial charge in [-0.3, -0.25) is 0 Å². The van der Waals surface area contributed by atoms with Crippen LogP contribution in [0.3, 0.4) is 0 Å². The Balaban J connectivity index is 0.981. The van der Waals surface area contributed by atoms with Crippen LogP contribution >= 0.6 is 34.0 Å². The van der Waals surface area contributed by atoms with Crippen LogP contribution in [0, 0.1) is 0 Å². The fourth-order valence-electron chi connectivity index (χ4n) is 10.8. The number of hydrogen-bond donors (Lipinski definition) is 0. The fraction of sp³-hybridized carbons (Fsp3) is 0.0179. The van der Waals surface area contributed by atoms with E-state index < -0.39 is 5.41 Å². The number of rotatable bonds is 3. The monoisotopic (exact) mass is 855 g/mol. The zero-order valence-corrected chi connectivity index (χ0v) is 35.7. The van der Waals surface area contributed by atoms with Crippen LogP contribution in [0.15, 0.2) is 176 Å². The van der Waals surface area contributed by atoms with Gasteiger partial charge in [-0.15, -0.1) is 34.0 Å². The quantitative estimate of drug-likeness (QED) is 0.178. The summed E-state index contributed by atoms with van der Waals surface area (Å²) in [6, 6.07) is 63.4. The molecule has 4 aromatic heterocycles. The predicted molar refractivity (Wildman–Crippen MR) is 263 cm³/mol. The average molecular weight is 856 g/mol. The Kier molecular flexibility index (Phi) is 6.77. The molecule has 0 saturated heterocycles. The van der Waals surface area contributed by atoms with Crippen molar-refractivity contribution in [3.63, 3.8) is 0 Å². The Labute approximate surface area is 372 Å². The van der Waals surface area contributed by atoms with Crippen molar-refractivity contribution in [2.24, 2.45) is 0 Å². The van der Waals surface area contributed by atoms with E-state index in [4.69, 9.17) is 19.7 Å². The molecule has 1 spiro atoms. The van der Waals surface area contributed by atoms with Crippen molar-refractivity contribution in [1.82, 2.24) is 15.0 Å². The summed E-state index contributed by atoms with van der Waals surface area (Å²) in [6.07, 6.45) is 0. The van der Waals surface area contributed by atoms with E-state index in [1.165, 1.54) is 82.8 Å². The van der Waals surface area contributed by atoms with E-state index in [0.29, 0.717) is 17.5 Å². The Bertz CT molecular complexity index is 4040. The molecule has 9 aromatic carbocycles. The first kappa shape index (κ1) is 34.3. The molecule has 2 aliphatic rings. The standard InChI is InChI=1S/C56H29N3OS3/c1-2-12-30(13-3-1)53-57-54(32-22-23-38-36(26-32)35-16-6-7-17-37(35)56(38)39-18-8-10-20-41(39)60-42-21-11-9-19-40(42)56)59-55(58-53)33-28-45-48-46(29-33)63-52-34-15-5-4-14-31(34)27-47-51(52)50-44(62-47)25-24-43(61-45)49(48)50/h1-29H. The predicted octanol–water partition coefficient (Wildman–Crippen LogP) is 15.9. The van der Waals surface area contributed by atoms with Gasteiger partial charge in [0, 0.05) is 77.6 Å². The van der Waals surface area contributed by atoms with Crippen LogP contribution < -0.4 is 4.74 Å².